The van der Waals surface area contributed by atoms with Crippen LogP contribution in [0.4, 0.5) is 0 Å². The van der Waals surface area contributed by atoms with Crippen molar-refractivity contribution in [2.24, 2.45) is 5.92 Å². The second-order valence-electron chi connectivity index (χ2n) is 9.17. The topological polar surface area (TPSA) is 79.1 Å². The van der Waals surface area contributed by atoms with Crippen molar-refractivity contribution in [2.45, 2.75) is 50.4 Å². The van der Waals surface area contributed by atoms with E-state index in [9.17, 15) is 4.79 Å². The van der Waals surface area contributed by atoms with Gasteiger partial charge in [0.15, 0.2) is 0 Å². The Bertz CT molecular complexity index is 923. The fourth-order valence-corrected chi connectivity index (χ4v) is 4.18. The molecule has 1 saturated carbocycles. The molecule has 0 bridgehead atoms. The summed E-state index contributed by atoms with van der Waals surface area (Å²) in [4.78, 5) is 12.5. The summed E-state index contributed by atoms with van der Waals surface area (Å²) < 4.78 is 33.3. The Hall–Kier alpha value is -2.61. The minimum absolute atomic E-state index is 0.315. The van der Waals surface area contributed by atoms with Crippen LogP contribution in [-0.2, 0) is 14.2 Å². The van der Waals surface area contributed by atoms with Crippen molar-refractivity contribution in [3.8, 4) is 17.2 Å². The van der Waals surface area contributed by atoms with Crippen LogP contribution in [0.5, 0.6) is 17.2 Å². The summed E-state index contributed by atoms with van der Waals surface area (Å²) in [6.45, 7) is 3.55. The van der Waals surface area contributed by atoms with E-state index in [1.807, 2.05) is 12.1 Å². The Balaban J connectivity index is 0.989. The highest BCUT2D eigenvalue weighted by Crippen LogP contribution is 2.39. The molecular weight excluding hydrogens is 436 g/mol. The Kier molecular flexibility index (Phi) is 7.63. The van der Waals surface area contributed by atoms with Crippen molar-refractivity contribution in [2.75, 3.05) is 33.0 Å². The molecule has 2 saturated heterocycles. The minimum atomic E-state index is -0.402. The summed E-state index contributed by atoms with van der Waals surface area (Å²) >= 11 is 0. The molecule has 5 rings (SSSR count). The van der Waals surface area contributed by atoms with Crippen LogP contribution < -0.4 is 14.2 Å². The number of ether oxygens (including phenoxy) is 6. The number of benzene rings is 2. The highest BCUT2D eigenvalue weighted by Gasteiger charge is 2.43. The molecule has 2 aromatic rings. The first-order valence-corrected chi connectivity index (χ1v) is 12.3. The fourth-order valence-electron chi connectivity index (χ4n) is 4.18. The van der Waals surface area contributed by atoms with Crippen molar-refractivity contribution < 1.29 is 33.2 Å². The number of carbonyl (C=O) groups excluding carboxylic acids is 1. The maximum Gasteiger partial charge on any atom is 0.343 e. The zero-order valence-corrected chi connectivity index (χ0v) is 19.4. The van der Waals surface area contributed by atoms with E-state index in [0.717, 1.165) is 56.8 Å². The number of carbonyl (C=O) groups is 1. The molecule has 182 valence electrons. The molecule has 0 radical (unpaired) electrons. The van der Waals surface area contributed by atoms with E-state index < -0.39 is 5.97 Å². The summed E-state index contributed by atoms with van der Waals surface area (Å²) in [5.41, 5.74) is 0.482. The Morgan fingerprint density at radius 2 is 1.53 bits per heavy atom. The molecule has 0 N–H and O–H groups in total. The second-order valence-corrected chi connectivity index (χ2v) is 9.17. The summed E-state index contributed by atoms with van der Waals surface area (Å²) in [6.07, 6.45) is 6.52. The van der Waals surface area contributed by atoms with E-state index in [4.69, 9.17) is 28.4 Å². The monoisotopic (exact) mass is 468 g/mol. The van der Waals surface area contributed by atoms with Crippen LogP contribution >= 0.6 is 0 Å². The van der Waals surface area contributed by atoms with Crippen LogP contribution in [0.15, 0.2) is 48.5 Å². The molecule has 0 aromatic heterocycles. The molecule has 2 aromatic carbocycles. The van der Waals surface area contributed by atoms with Crippen molar-refractivity contribution in [3.05, 3.63) is 54.1 Å². The predicted octanol–water partition coefficient (Wildman–Crippen LogP) is 4.43. The highest BCUT2D eigenvalue weighted by molar-refractivity contribution is 5.91. The van der Waals surface area contributed by atoms with Crippen LogP contribution in [0.1, 0.15) is 42.5 Å². The molecule has 2 heterocycles. The van der Waals surface area contributed by atoms with E-state index >= 15 is 0 Å². The van der Waals surface area contributed by atoms with Crippen LogP contribution in [0, 0.1) is 5.92 Å². The van der Waals surface area contributed by atoms with Crippen LogP contribution in [0.25, 0.3) is 0 Å². The molecule has 7 nitrogen and oxygen atoms in total. The average molecular weight is 469 g/mol. The van der Waals surface area contributed by atoms with Gasteiger partial charge in [0, 0.05) is 6.61 Å². The van der Waals surface area contributed by atoms with Gasteiger partial charge in [-0.2, -0.15) is 0 Å². The molecule has 3 aliphatic rings. The van der Waals surface area contributed by atoms with Crippen LogP contribution in [0.2, 0.25) is 0 Å². The lowest BCUT2D eigenvalue weighted by atomic mass is 9.90. The fraction of sp³-hybridized carbons (Fsp3) is 0.519. The molecule has 0 spiro atoms. The maximum absolute atomic E-state index is 12.5. The standard InChI is InChI=1S/C27H32O7/c28-27(20-4-6-22(7-5-20)31-16-19-3-12-25-26(15-19)34-25)33-23-10-8-21(9-11-23)30-14-2-1-13-29-17-24-18-32-24/h4-11,19,24-26H,1-3,12-18H2. The molecule has 0 amide bonds. The van der Waals surface area contributed by atoms with Gasteiger partial charge in [0.05, 0.1) is 44.2 Å². The van der Waals surface area contributed by atoms with E-state index in [0.29, 0.717) is 55.4 Å². The first kappa shape index (κ1) is 23.1. The van der Waals surface area contributed by atoms with E-state index in [-0.39, 0.29) is 0 Å². The van der Waals surface area contributed by atoms with Gasteiger partial charge in [-0.05, 0) is 86.6 Å². The molecular formula is C27H32O7. The number of fused-ring (bicyclic) bond motifs is 1. The normalized spacial score (nSPS) is 24.7. The van der Waals surface area contributed by atoms with Crippen molar-refractivity contribution in [1.29, 1.82) is 0 Å². The van der Waals surface area contributed by atoms with Crippen molar-refractivity contribution in [1.82, 2.24) is 0 Å². The SMILES string of the molecule is O=C(Oc1ccc(OCCCCOCC2CO2)cc1)c1ccc(OCC2CCC3OC3C2)cc1. The predicted molar refractivity (Wildman–Crippen MR) is 125 cm³/mol. The summed E-state index contributed by atoms with van der Waals surface area (Å²) in [5.74, 6) is 2.13. The third-order valence-corrected chi connectivity index (χ3v) is 6.38. The number of unbranched alkanes of at least 4 members (excludes halogenated alkanes) is 1. The largest absolute Gasteiger partial charge is 0.494 e. The number of hydrogen-bond acceptors (Lipinski definition) is 7. The van der Waals surface area contributed by atoms with Gasteiger partial charge in [-0.3, -0.25) is 0 Å². The van der Waals surface area contributed by atoms with Gasteiger partial charge < -0.3 is 28.4 Å². The second kappa shape index (κ2) is 11.2. The van der Waals surface area contributed by atoms with Gasteiger partial charge in [-0.15, -0.1) is 0 Å². The lowest BCUT2D eigenvalue weighted by molar-refractivity contribution is 0.0734. The van der Waals surface area contributed by atoms with Gasteiger partial charge in [0.2, 0.25) is 0 Å². The quantitative estimate of drug-likeness (QED) is 0.186. The molecule has 2 aliphatic heterocycles. The average Bonchev–Trinajstić information content (AvgIpc) is 3.79. The third-order valence-electron chi connectivity index (χ3n) is 6.38. The molecule has 3 fully saturated rings. The first-order valence-electron chi connectivity index (χ1n) is 12.3. The van der Waals surface area contributed by atoms with Gasteiger partial charge in [0.1, 0.15) is 23.4 Å². The lowest BCUT2D eigenvalue weighted by Crippen LogP contribution is -2.19. The van der Waals surface area contributed by atoms with Crippen LogP contribution in [-0.4, -0.2) is 57.3 Å². The minimum Gasteiger partial charge on any atom is -0.494 e. The molecule has 4 unspecified atom stereocenters. The van der Waals surface area contributed by atoms with E-state index in [1.54, 1.807) is 36.4 Å². The zero-order chi connectivity index (χ0) is 23.2. The Labute approximate surface area is 200 Å². The van der Waals surface area contributed by atoms with Gasteiger partial charge in [-0.25, -0.2) is 4.79 Å². The van der Waals surface area contributed by atoms with E-state index in [1.165, 1.54) is 0 Å². The van der Waals surface area contributed by atoms with Gasteiger partial charge in [-0.1, -0.05) is 0 Å². The molecule has 7 heteroatoms. The Morgan fingerprint density at radius 1 is 0.824 bits per heavy atom. The van der Waals surface area contributed by atoms with Crippen LogP contribution in [0.3, 0.4) is 0 Å². The summed E-state index contributed by atoms with van der Waals surface area (Å²) in [7, 11) is 0. The first-order chi connectivity index (χ1) is 16.7. The maximum atomic E-state index is 12.5. The molecule has 34 heavy (non-hydrogen) atoms. The third kappa shape index (κ3) is 6.95. The van der Waals surface area contributed by atoms with Gasteiger partial charge in [0.25, 0.3) is 0 Å². The molecule has 4 atom stereocenters. The summed E-state index contributed by atoms with van der Waals surface area (Å²) in [5, 5.41) is 0. The zero-order valence-electron chi connectivity index (χ0n) is 19.4. The smallest absolute Gasteiger partial charge is 0.343 e. The number of rotatable bonds is 13. The van der Waals surface area contributed by atoms with Crippen molar-refractivity contribution in [3.63, 3.8) is 0 Å². The van der Waals surface area contributed by atoms with Crippen molar-refractivity contribution >= 4 is 5.97 Å². The van der Waals surface area contributed by atoms with E-state index in [2.05, 4.69) is 0 Å². The summed E-state index contributed by atoms with van der Waals surface area (Å²) in [6, 6.07) is 14.2. The number of hydrogen-bond donors (Lipinski definition) is 0. The number of esters is 1. The Morgan fingerprint density at radius 3 is 2.29 bits per heavy atom. The molecule has 1 aliphatic carbocycles. The highest BCUT2D eigenvalue weighted by atomic mass is 16.6. The number of epoxide rings is 2. The lowest BCUT2D eigenvalue weighted by Gasteiger charge is -2.19. The van der Waals surface area contributed by atoms with Gasteiger partial charge >= 0.3 is 5.97 Å².